The van der Waals surface area contributed by atoms with Crippen molar-refractivity contribution in [2.24, 2.45) is 0 Å². The van der Waals surface area contributed by atoms with Crippen molar-refractivity contribution in [3.05, 3.63) is 59.7 Å². The summed E-state index contributed by atoms with van der Waals surface area (Å²) >= 11 is 0. The zero-order valence-electron chi connectivity index (χ0n) is 18.7. The highest BCUT2D eigenvalue weighted by atomic mass is 16.6. The van der Waals surface area contributed by atoms with Crippen LogP contribution in [0.1, 0.15) is 44.2 Å². The third-order valence-electron chi connectivity index (χ3n) is 5.85. The molecule has 2 atom stereocenters. The van der Waals surface area contributed by atoms with Gasteiger partial charge in [-0.05, 0) is 49.4 Å². The number of aliphatic hydroxyl groups is 1. The summed E-state index contributed by atoms with van der Waals surface area (Å²) in [7, 11) is 0. The minimum absolute atomic E-state index is 0.0142. The van der Waals surface area contributed by atoms with E-state index in [-0.39, 0.29) is 31.7 Å². The van der Waals surface area contributed by atoms with E-state index < -0.39 is 23.9 Å². The average molecular weight is 439 g/mol. The van der Waals surface area contributed by atoms with Crippen LogP contribution in [0, 0.1) is 0 Å². The van der Waals surface area contributed by atoms with Gasteiger partial charge in [0.15, 0.2) is 0 Å². The summed E-state index contributed by atoms with van der Waals surface area (Å²) in [6.45, 7) is 5.98. The normalized spacial score (nSPS) is 19.9. The number of rotatable bonds is 4. The van der Waals surface area contributed by atoms with Crippen LogP contribution in [0.25, 0.3) is 11.1 Å². The van der Waals surface area contributed by atoms with Gasteiger partial charge in [0.05, 0.1) is 18.7 Å². The monoisotopic (exact) mass is 438 g/mol. The van der Waals surface area contributed by atoms with Crippen LogP contribution < -0.4 is 5.32 Å². The topological polar surface area (TPSA) is 88.1 Å². The Hall–Kier alpha value is -3.06. The molecule has 170 valence electrons. The van der Waals surface area contributed by atoms with E-state index in [0.29, 0.717) is 6.42 Å². The van der Waals surface area contributed by atoms with Crippen molar-refractivity contribution in [2.45, 2.75) is 50.9 Å². The lowest BCUT2D eigenvalue weighted by Crippen LogP contribution is -2.45. The lowest BCUT2D eigenvalue weighted by Gasteiger charge is -2.28. The molecule has 2 aromatic carbocycles. The highest BCUT2D eigenvalue weighted by molar-refractivity contribution is 5.79. The number of carbonyl (C=O) groups is 2. The summed E-state index contributed by atoms with van der Waals surface area (Å²) < 4.78 is 11.0. The Morgan fingerprint density at radius 1 is 1.06 bits per heavy atom. The average Bonchev–Trinajstić information content (AvgIpc) is 3.27. The number of benzene rings is 2. The van der Waals surface area contributed by atoms with Crippen LogP contribution in [-0.2, 0) is 9.47 Å². The number of β-amino-alcohol motifs (C(OH)–C–C–N with tert-alkyl or cyclic N) is 1. The molecule has 2 N–H and O–H groups in total. The number of amides is 2. The predicted molar refractivity (Wildman–Crippen MR) is 120 cm³/mol. The van der Waals surface area contributed by atoms with E-state index in [1.807, 2.05) is 24.3 Å². The van der Waals surface area contributed by atoms with Gasteiger partial charge in [-0.15, -0.1) is 0 Å². The maximum absolute atomic E-state index is 12.4. The molecule has 0 bridgehead atoms. The molecule has 2 aliphatic rings. The first-order chi connectivity index (χ1) is 15.2. The first-order valence-electron chi connectivity index (χ1n) is 11.0. The number of hydrogen-bond donors (Lipinski definition) is 2. The summed E-state index contributed by atoms with van der Waals surface area (Å²) in [4.78, 5) is 26.4. The van der Waals surface area contributed by atoms with Crippen LogP contribution in [-0.4, -0.2) is 59.6 Å². The molecule has 0 radical (unpaired) electrons. The highest BCUT2D eigenvalue weighted by Gasteiger charge is 2.37. The van der Waals surface area contributed by atoms with E-state index in [4.69, 9.17) is 9.47 Å². The largest absolute Gasteiger partial charge is 0.449 e. The molecule has 1 aliphatic carbocycles. The zero-order valence-corrected chi connectivity index (χ0v) is 18.7. The second-order valence-electron chi connectivity index (χ2n) is 9.38. The van der Waals surface area contributed by atoms with Crippen molar-refractivity contribution < 1.29 is 24.2 Å². The number of aliphatic hydroxyl groups excluding tert-OH is 1. The van der Waals surface area contributed by atoms with Crippen LogP contribution in [0.3, 0.4) is 0 Å². The van der Waals surface area contributed by atoms with Crippen LogP contribution in [0.2, 0.25) is 0 Å². The molecule has 0 saturated carbocycles. The molecule has 1 aliphatic heterocycles. The van der Waals surface area contributed by atoms with E-state index in [9.17, 15) is 14.7 Å². The summed E-state index contributed by atoms with van der Waals surface area (Å²) in [6, 6.07) is 16.0. The minimum atomic E-state index is -0.642. The van der Waals surface area contributed by atoms with Gasteiger partial charge in [0.25, 0.3) is 0 Å². The molecule has 32 heavy (non-hydrogen) atoms. The van der Waals surface area contributed by atoms with Gasteiger partial charge >= 0.3 is 12.2 Å². The Labute approximate surface area is 188 Å². The molecule has 1 heterocycles. The summed E-state index contributed by atoms with van der Waals surface area (Å²) in [5.41, 5.74) is 4.01. The van der Waals surface area contributed by atoms with Gasteiger partial charge in [-0.1, -0.05) is 48.5 Å². The van der Waals surface area contributed by atoms with E-state index in [1.54, 1.807) is 20.8 Å². The molecule has 4 rings (SSSR count). The Balaban J connectivity index is 1.34. The predicted octanol–water partition coefficient (Wildman–Crippen LogP) is 3.90. The quantitative estimate of drug-likeness (QED) is 0.756. The van der Waals surface area contributed by atoms with Crippen LogP contribution in [0.4, 0.5) is 9.59 Å². The van der Waals surface area contributed by atoms with Gasteiger partial charge in [0, 0.05) is 12.5 Å². The van der Waals surface area contributed by atoms with Crippen LogP contribution in [0.5, 0.6) is 0 Å². The lowest BCUT2D eigenvalue weighted by molar-refractivity contribution is 0.0207. The Morgan fingerprint density at radius 3 is 2.25 bits per heavy atom. The molecular formula is C25H30N2O5. The standard InChI is InChI=1S/C25H30N2O5/c1-25(2,3)32-24(30)27-14-17(28)12-16(27)13-26-23(29)31-15-22-20-10-6-4-8-18(20)19-9-5-7-11-21(19)22/h4-11,16-17,22,28H,12-15H2,1-3H3,(H,26,29)/t16-,17+/m1/s1. The fourth-order valence-corrected chi connectivity index (χ4v) is 4.48. The lowest BCUT2D eigenvalue weighted by atomic mass is 9.98. The van der Waals surface area contributed by atoms with Crippen molar-refractivity contribution in [1.29, 1.82) is 0 Å². The Bertz CT molecular complexity index is 954. The molecule has 0 unspecified atom stereocenters. The zero-order chi connectivity index (χ0) is 22.9. The number of ether oxygens (including phenoxy) is 2. The molecule has 1 fully saturated rings. The number of nitrogens with one attached hydrogen (secondary N) is 1. The summed E-state index contributed by atoms with van der Waals surface area (Å²) in [5, 5.41) is 12.8. The third-order valence-corrected chi connectivity index (χ3v) is 5.85. The SMILES string of the molecule is CC(C)(C)OC(=O)N1C[C@@H](O)C[C@@H]1CNC(=O)OCC1c2ccccc2-c2ccccc21. The van der Waals surface area contributed by atoms with E-state index in [2.05, 4.69) is 29.6 Å². The van der Waals surface area contributed by atoms with Gasteiger partial charge in [-0.25, -0.2) is 9.59 Å². The van der Waals surface area contributed by atoms with Gasteiger partial charge < -0.3 is 24.8 Å². The van der Waals surface area contributed by atoms with Gasteiger partial charge in [-0.2, -0.15) is 0 Å². The molecule has 0 spiro atoms. The number of carbonyl (C=O) groups excluding carboxylic acids is 2. The molecule has 2 aromatic rings. The fraction of sp³-hybridized carbons (Fsp3) is 0.440. The van der Waals surface area contributed by atoms with Crippen molar-refractivity contribution in [3.63, 3.8) is 0 Å². The smallest absolute Gasteiger partial charge is 0.410 e. The van der Waals surface area contributed by atoms with Gasteiger partial charge in [0.2, 0.25) is 0 Å². The number of alkyl carbamates (subject to hydrolysis) is 1. The molecule has 7 heteroatoms. The summed E-state index contributed by atoms with van der Waals surface area (Å²) in [5.74, 6) is -0.0142. The van der Waals surface area contributed by atoms with Gasteiger partial charge in [-0.3, -0.25) is 0 Å². The van der Waals surface area contributed by atoms with Crippen LogP contribution >= 0.6 is 0 Å². The van der Waals surface area contributed by atoms with E-state index >= 15 is 0 Å². The maximum atomic E-state index is 12.4. The number of hydrogen-bond acceptors (Lipinski definition) is 5. The maximum Gasteiger partial charge on any atom is 0.410 e. The third kappa shape index (κ3) is 4.72. The molecule has 7 nitrogen and oxygen atoms in total. The van der Waals surface area contributed by atoms with E-state index in [1.165, 1.54) is 16.0 Å². The van der Waals surface area contributed by atoms with Gasteiger partial charge in [0.1, 0.15) is 12.2 Å². The highest BCUT2D eigenvalue weighted by Crippen LogP contribution is 2.44. The Kier molecular flexibility index (Phi) is 6.11. The summed E-state index contributed by atoms with van der Waals surface area (Å²) in [6.07, 6.45) is -1.30. The minimum Gasteiger partial charge on any atom is -0.449 e. The number of likely N-dealkylation sites (tertiary alicyclic amines) is 1. The molecule has 2 amide bonds. The number of fused-ring (bicyclic) bond motifs is 3. The van der Waals surface area contributed by atoms with Crippen molar-refractivity contribution in [1.82, 2.24) is 10.2 Å². The fourth-order valence-electron chi connectivity index (χ4n) is 4.48. The molecule has 0 aromatic heterocycles. The second kappa shape index (κ2) is 8.82. The first-order valence-corrected chi connectivity index (χ1v) is 11.0. The molecular weight excluding hydrogens is 408 g/mol. The van der Waals surface area contributed by atoms with Crippen LogP contribution in [0.15, 0.2) is 48.5 Å². The van der Waals surface area contributed by atoms with E-state index in [0.717, 1.165) is 11.1 Å². The first kappa shape index (κ1) is 22.1. The Morgan fingerprint density at radius 2 is 1.66 bits per heavy atom. The number of nitrogens with zero attached hydrogens (tertiary/aromatic N) is 1. The van der Waals surface area contributed by atoms with Crippen molar-refractivity contribution in [2.75, 3.05) is 19.7 Å². The molecule has 1 saturated heterocycles. The second-order valence-corrected chi connectivity index (χ2v) is 9.38. The van der Waals surface area contributed by atoms with Crippen molar-refractivity contribution in [3.8, 4) is 11.1 Å². The van der Waals surface area contributed by atoms with Crippen molar-refractivity contribution >= 4 is 12.2 Å².